The van der Waals surface area contributed by atoms with Gasteiger partial charge in [0, 0.05) is 20.7 Å². The lowest BCUT2D eigenvalue weighted by Gasteiger charge is -2.36. The van der Waals surface area contributed by atoms with E-state index in [0.29, 0.717) is 29.3 Å². The number of methoxy groups -OCH3 is 2. The van der Waals surface area contributed by atoms with E-state index in [-0.39, 0.29) is 57.4 Å². The van der Waals surface area contributed by atoms with Gasteiger partial charge in [-0.25, -0.2) is 4.98 Å². The van der Waals surface area contributed by atoms with Gasteiger partial charge in [-0.05, 0) is 50.7 Å². The Labute approximate surface area is 254 Å². The fraction of sp³-hybridized carbons (Fsp3) is 0.379. The number of amides is 2. The number of likely N-dealkylation sites (N-methyl/N-ethyl adjacent to an activating group) is 1. The van der Waals surface area contributed by atoms with Crippen LogP contribution < -0.4 is 20.1 Å². The van der Waals surface area contributed by atoms with Gasteiger partial charge in [-0.1, -0.05) is 35.3 Å². The maximum atomic E-state index is 13.2. The van der Waals surface area contributed by atoms with Crippen LogP contribution in [-0.2, 0) is 4.74 Å². The van der Waals surface area contributed by atoms with Gasteiger partial charge >= 0.3 is 0 Å². The molecule has 0 saturated carbocycles. The van der Waals surface area contributed by atoms with Gasteiger partial charge in [-0.3, -0.25) is 9.59 Å². The molecule has 2 N–H and O–H groups in total. The van der Waals surface area contributed by atoms with Crippen molar-refractivity contribution in [3.05, 3.63) is 63.3 Å². The van der Waals surface area contributed by atoms with Crippen LogP contribution in [0, 0.1) is 0 Å². The number of ether oxygens (including phenoxy) is 3. The molecule has 13 heteroatoms. The second kappa shape index (κ2) is 12.3. The number of hydrogen-bond donors (Lipinski definition) is 2. The standard InChI is InChI=1S/C29H32Cl2N6O5/c1-15-16-7-6-8-22(25(16)28(39)37(15)3)42-27-19(31)13-32-29(35-27)34-21-12-18(30)17(11-23(21)40-4)26(38)33-20-9-10-36(2)14-24(20)41-5/h6-8,11-13,15,20,24H,9-10,14H2,1-5H3,(H,33,38)(H,32,34,35)/t15?,20-,24+/m0/s1. The average Bonchev–Trinajstić information content (AvgIpc) is 3.20. The van der Waals surface area contributed by atoms with Crippen molar-refractivity contribution >= 4 is 46.7 Å². The third-order valence-electron chi connectivity index (χ3n) is 7.70. The molecule has 0 spiro atoms. The molecule has 2 aromatic carbocycles. The highest BCUT2D eigenvalue weighted by atomic mass is 35.5. The first kappa shape index (κ1) is 29.8. The summed E-state index contributed by atoms with van der Waals surface area (Å²) < 4.78 is 17.2. The van der Waals surface area contributed by atoms with E-state index in [1.165, 1.54) is 13.3 Å². The first-order valence-corrected chi connectivity index (χ1v) is 14.1. The molecule has 1 saturated heterocycles. The summed E-state index contributed by atoms with van der Waals surface area (Å²) in [5.74, 6) is 0.417. The monoisotopic (exact) mass is 614 g/mol. The fourth-order valence-corrected chi connectivity index (χ4v) is 5.57. The van der Waals surface area contributed by atoms with Crippen LogP contribution in [0.3, 0.4) is 0 Å². The topological polar surface area (TPSA) is 118 Å². The van der Waals surface area contributed by atoms with Gasteiger partial charge in [0.25, 0.3) is 11.8 Å². The SMILES string of the molecule is COc1cc(C(=O)N[C@H]2CCN(C)C[C@H]2OC)c(Cl)cc1Nc1ncc(Cl)c(Oc2cccc3c2C(=O)N(C)C3C)n1. The molecule has 1 aromatic heterocycles. The molecule has 1 fully saturated rings. The molecule has 11 nitrogen and oxygen atoms in total. The number of fused-ring (bicyclic) bond motifs is 1. The molecule has 1 unspecified atom stereocenters. The summed E-state index contributed by atoms with van der Waals surface area (Å²) in [7, 11) is 6.88. The first-order chi connectivity index (χ1) is 20.1. The number of carbonyl (C=O) groups is 2. The van der Waals surface area contributed by atoms with Crippen molar-refractivity contribution in [2.75, 3.05) is 46.7 Å². The fourth-order valence-electron chi connectivity index (χ4n) is 5.19. The molecule has 0 radical (unpaired) electrons. The number of carbonyl (C=O) groups excluding carboxylic acids is 2. The van der Waals surface area contributed by atoms with E-state index >= 15 is 0 Å². The Balaban J connectivity index is 1.36. The first-order valence-electron chi connectivity index (χ1n) is 13.4. The lowest BCUT2D eigenvalue weighted by atomic mass is 10.0. The number of rotatable bonds is 8. The van der Waals surface area contributed by atoms with Crippen molar-refractivity contribution in [1.29, 1.82) is 0 Å². The Morgan fingerprint density at radius 1 is 1.12 bits per heavy atom. The highest BCUT2D eigenvalue weighted by molar-refractivity contribution is 6.34. The van der Waals surface area contributed by atoms with Crippen LogP contribution >= 0.6 is 23.2 Å². The minimum atomic E-state index is -0.329. The lowest BCUT2D eigenvalue weighted by molar-refractivity contribution is 0.0142. The summed E-state index contributed by atoms with van der Waals surface area (Å²) in [6.07, 6.45) is 2.01. The molecule has 2 aliphatic heterocycles. The Morgan fingerprint density at radius 3 is 2.64 bits per heavy atom. The van der Waals surface area contributed by atoms with E-state index < -0.39 is 0 Å². The predicted molar refractivity (Wildman–Crippen MR) is 160 cm³/mol. The second-order valence-corrected chi connectivity index (χ2v) is 11.1. The lowest BCUT2D eigenvalue weighted by Crippen LogP contribution is -2.53. The number of piperidine rings is 1. The molecule has 222 valence electrons. The number of hydrogen-bond acceptors (Lipinski definition) is 9. The third kappa shape index (κ3) is 5.82. The second-order valence-electron chi connectivity index (χ2n) is 10.3. The Hall–Kier alpha value is -3.64. The largest absolute Gasteiger partial charge is 0.495 e. The van der Waals surface area contributed by atoms with Gasteiger partial charge in [-0.15, -0.1) is 0 Å². The Morgan fingerprint density at radius 2 is 1.90 bits per heavy atom. The highest BCUT2D eigenvalue weighted by Crippen LogP contribution is 2.40. The molecule has 0 aliphatic carbocycles. The van der Waals surface area contributed by atoms with Crippen LogP contribution in [0.25, 0.3) is 0 Å². The van der Waals surface area contributed by atoms with Crippen LogP contribution in [0.5, 0.6) is 17.4 Å². The molecule has 3 aromatic rings. The summed E-state index contributed by atoms with van der Waals surface area (Å²) in [5.41, 5.74) is 2.01. The van der Waals surface area contributed by atoms with Gasteiger partial charge in [0.05, 0.1) is 53.3 Å². The zero-order chi connectivity index (χ0) is 30.1. The van der Waals surface area contributed by atoms with Crippen LogP contribution in [0.4, 0.5) is 11.6 Å². The van der Waals surface area contributed by atoms with Gasteiger partial charge in [0.2, 0.25) is 11.8 Å². The van der Waals surface area contributed by atoms with Crippen molar-refractivity contribution in [2.24, 2.45) is 0 Å². The Bertz CT molecular complexity index is 1520. The van der Waals surface area contributed by atoms with Gasteiger partial charge in [0.1, 0.15) is 16.5 Å². The molecular weight excluding hydrogens is 583 g/mol. The van der Waals surface area contributed by atoms with Crippen molar-refractivity contribution in [2.45, 2.75) is 31.5 Å². The normalized spacial score (nSPS) is 20.3. The van der Waals surface area contributed by atoms with Crippen LogP contribution in [-0.4, -0.2) is 85.1 Å². The number of anilines is 2. The predicted octanol–water partition coefficient (Wildman–Crippen LogP) is 4.92. The van der Waals surface area contributed by atoms with Gasteiger partial charge in [-0.2, -0.15) is 4.98 Å². The van der Waals surface area contributed by atoms with Gasteiger partial charge in [0.15, 0.2) is 0 Å². The molecule has 3 atom stereocenters. The van der Waals surface area contributed by atoms with E-state index in [0.717, 1.165) is 18.5 Å². The summed E-state index contributed by atoms with van der Waals surface area (Å²) in [6.45, 7) is 3.51. The average molecular weight is 616 g/mol. The number of nitrogens with zero attached hydrogens (tertiary/aromatic N) is 4. The zero-order valence-corrected chi connectivity index (χ0v) is 25.4. The smallest absolute Gasteiger partial charge is 0.258 e. The zero-order valence-electron chi connectivity index (χ0n) is 23.9. The number of likely N-dealkylation sites (tertiary alicyclic amines) is 1. The van der Waals surface area contributed by atoms with Crippen molar-refractivity contribution < 1.29 is 23.8 Å². The van der Waals surface area contributed by atoms with Crippen LogP contribution in [0.1, 0.15) is 45.7 Å². The minimum absolute atomic E-state index is 0.0597. The number of benzene rings is 2. The van der Waals surface area contributed by atoms with E-state index in [4.69, 9.17) is 37.4 Å². The molecular formula is C29H32Cl2N6O5. The third-order valence-corrected chi connectivity index (χ3v) is 8.28. The van der Waals surface area contributed by atoms with E-state index in [1.807, 2.05) is 26.1 Å². The number of nitrogens with one attached hydrogen (secondary N) is 2. The molecule has 0 bridgehead atoms. The van der Waals surface area contributed by atoms with E-state index in [9.17, 15) is 9.59 Å². The van der Waals surface area contributed by atoms with Crippen molar-refractivity contribution in [1.82, 2.24) is 25.1 Å². The number of aromatic nitrogens is 2. The molecule has 2 amide bonds. The molecule has 3 heterocycles. The maximum absolute atomic E-state index is 13.2. The molecule has 42 heavy (non-hydrogen) atoms. The van der Waals surface area contributed by atoms with E-state index in [2.05, 4.69) is 25.5 Å². The van der Waals surface area contributed by atoms with E-state index in [1.54, 1.807) is 37.3 Å². The van der Waals surface area contributed by atoms with Crippen LogP contribution in [0.15, 0.2) is 36.5 Å². The minimum Gasteiger partial charge on any atom is -0.495 e. The Kier molecular flexibility index (Phi) is 8.74. The number of halogens is 2. The maximum Gasteiger partial charge on any atom is 0.258 e. The molecule has 5 rings (SSSR count). The van der Waals surface area contributed by atoms with Crippen molar-refractivity contribution in [3.63, 3.8) is 0 Å². The summed E-state index contributed by atoms with van der Waals surface area (Å²) in [5, 5.41) is 6.47. The highest BCUT2D eigenvalue weighted by Gasteiger charge is 2.34. The summed E-state index contributed by atoms with van der Waals surface area (Å²) in [6, 6.07) is 8.30. The van der Waals surface area contributed by atoms with Crippen LogP contribution in [0.2, 0.25) is 10.0 Å². The molecule has 2 aliphatic rings. The summed E-state index contributed by atoms with van der Waals surface area (Å²) >= 11 is 12.9. The van der Waals surface area contributed by atoms with Gasteiger partial charge < -0.3 is 34.6 Å². The van der Waals surface area contributed by atoms with Crippen molar-refractivity contribution in [3.8, 4) is 17.4 Å². The quantitative estimate of drug-likeness (QED) is 0.364. The summed E-state index contributed by atoms with van der Waals surface area (Å²) in [4.78, 5) is 38.5.